The molecule has 0 fully saturated rings. The highest BCUT2D eigenvalue weighted by molar-refractivity contribution is 5.88. The van der Waals surface area contributed by atoms with Gasteiger partial charge < -0.3 is 14.6 Å². The van der Waals surface area contributed by atoms with E-state index in [9.17, 15) is 14.4 Å². The zero-order valence-corrected chi connectivity index (χ0v) is 15.3. The maximum atomic E-state index is 12.3. The first-order valence-electron chi connectivity index (χ1n) is 7.61. The number of carboxylic acids is 1. The van der Waals surface area contributed by atoms with E-state index >= 15 is 0 Å². The van der Waals surface area contributed by atoms with E-state index in [1.807, 2.05) is 0 Å². The average Bonchev–Trinajstić information content (AvgIpc) is 2.77. The summed E-state index contributed by atoms with van der Waals surface area (Å²) < 4.78 is 11.5. The van der Waals surface area contributed by atoms with Crippen LogP contribution in [0.5, 0.6) is 0 Å². The van der Waals surface area contributed by atoms with Crippen molar-refractivity contribution in [2.75, 3.05) is 0 Å². The lowest BCUT2D eigenvalue weighted by atomic mass is 10.2. The summed E-state index contributed by atoms with van der Waals surface area (Å²) in [7, 11) is 0. The largest absolute Gasteiger partial charge is 0.480 e. The van der Waals surface area contributed by atoms with Crippen LogP contribution < -0.4 is 0 Å². The van der Waals surface area contributed by atoms with Gasteiger partial charge >= 0.3 is 18.2 Å². The van der Waals surface area contributed by atoms with E-state index in [1.165, 1.54) is 6.20 Å². The van der Waals surface area contributed by atoms with Crippen LogP contribution in [0.15, 0.2) is 6.20 Å². The lowest BCUT2D eigenvalue weighted by molar-refractivity contribution is -0.137. The summed E-state index contributed by atoms with van der Waals surface area (Å²) in [4.78, 5) is 36.1. The maximum absolute atomic E-state index is 12.3. The smallest absolute Gasteiger partial charge is 0.420 e. The highest BCUT2D eigenvalue weighted by atomic mass is 16.6. The fraction of sp³-hybridized carbons (Fsp3) is 0.667. The van der Waals surface area contributed by atoms with Crippen LogP contribution in [0.1, 0.15) is 47.2 Å². The molecule has 1 aromatic heterocycles. The van der Waals surface area contributed by atoms with Gasteiger partial charge in [-0.15, -0.1) is 5.10 Å². The number of ether oxygens (including phenoxy) is 2. The molecule has 0 saturated heterocycles. The SMILES string of the molecule is CC(C)(C)OC(=O)N(Cc1cn(CC(=O)O)nn1)C(=O)OC(C)(C)C. The second-order valence-electron chi connectivity index (χ2n) is 7.35. The fourth-order valence-electron chi connectivity index (χ4n) is 1.63. The molecule has 0 aliphatic heterocycles. The minimum Gasteiger partial charge on any atom is -0.480 e. The van der Waals surface area contributed by atoms with Crippen LogP contribution in [-0.2, 0) is 27.4 Å². The second-order valence-corrected chi connectivity index (χ2v) is 7.35. The predicted molar refractivity (Wildman–Crippen MR) is 85.7 cm³/mol. The summed E-state index contributed by atoms with van der Waals surface area (Å²) in [5.41, 5.74) is -1.39. The van der Waals surface area contributed by atoms with Crippen LogP contribution in [0.3, 0.4) is 0 Å². The number of rotatable bonds is 4. The molecule has 0 bridgehead atoms. The van der Waals surface area contributed by atoms with Gasteiger partial charge in [0.05, 0.1) is 12.7 Å². The van der Waals surface area contributed by atoms with Crippen molar-refractivity contribution < 1.29 is 29.0 Å². The molecule has 140 valence electrons. The van der Waals surface area contributed by atoms with Gasteiger partial charge in [0.1, 0.15) is 23.4 Å². The number of aliphatic carboxylic acids is 1. The number of hydrogen-bond acceptors (Lipinski definition) is 7. The molecular weight excluding hydrogens is 332 g/mol. The second kappa shape index (κ2) is 7.49. The number of amides is 2. The topological polar surface area (TPSA) is 124 Å². The van der Waals surface area contributed by atoms with Crippen molar-refractivity contribution in [2.45, 2.75) is 65.8 Å². The number of hydrogen-bond donors (Lipinski definition) is 1. The van der Waals surface area contributed by atoms with E-state index in [-0.39, 0.29) is 18.8 Å². The molecule has 0 saturated carbocycles. The van der Waals surface area contributed by atoms with Gasteiger partial charge in [-0.05, 0) is 41.5 Å². The average molecular weight is 356 g/mol. The monoisotopic (exact) mass is 356 g/mol. The van der Waals surface area contributed by atoms with Gasteiger partial charge in [-0.25, -0.2) is 19.2 Å². The van der Waals surface area contributed by atoms with Gasteiger partial charge in [0.2, 0.25) is 0 Å². The Bertz CT molecular complexity index is 613. The molecule has 0 atom stereocenters. The van der Waals surface area contributed by atoms with Crippen LogP contribution in [0.4, 0.5) is 9.59 Å². The van der Waals surface area contributed by atoms with E-state index in [0.717, 1.165) is 9.58 Å². The van der Waals surface area contributed by atoms with E-state index in [0.29, 0.717) is 0 Å². The Kier molecular flexibility index (Phi) is 6.11. The lowest BCUT2D eigenvalue weighted by Gasteiger charge is -2.28. The van der Waals surface area contributed by atoms with E-state index in [4.69, 9.17) is 14.6 Å². The number of carboxylic acid groups (broad SMARTS) is 1. The molecule has 0 spiro atoms. The standard InChI is InChI=1S/C15H24N4O6/c1-14(2,3)24-12(22)19(13(23)25-15(4,5)6)8-10-7-18(17-16-10)9-11(20)21/h7H,8-9H2,1-6H3,(H,20,21). The van der Waals surface area contributed by atoms with Gasteiger partial charge in [0, 0.05) is 0 Å². The summed E-state index contributed by atoms with van der Waals surface area (Å²) in [5, 5.41) is 16.1. The molecule has 10 heteroatoms. The highest BCUT2D eigenvalue weighted by Crippen LogP contribution is 2.16. The first-order chi connectivity index (χ1) is 11.3. The van der Waals surface area contributed by atoms with Crippen molar-refractivity contribution in [3.63, 3.8) is 0 Å². The molecule has 0 unspecified atom stereocenters. The Balaban J connectivity index is 2.97. The quantitative estimate of drug-likeness (QED) is 0.869. The predicted octanol–water partition coefficient (Wildman–Crippen LogP) is 2.03. The van der Waals surface area contributed by atoms with Crippen LogP contribution in [0.2, 0.25) is 0 Å². The summed E-state index contributed by atoms with van der Waals surface area (Å²) in [6.07, 6.45) is -0.459. The van der Waals surface area contributed by atoms with Gasteiger partial charge in [-0.2, -0.15) is 0 Å². The molecule has 10 nitrogen and oxygen atoms in total. The van der Waals surface area contributed by atoms with Crippen molar-refractivity contribution in [2.24, 2.45) is 0 Å². The molecule has 0 aliphatic rings. The third-order valence-electron chi connectivity index (χ3n) is 2.43. The molecule has 2 amide bonds. The number of aromatic nitrogens is 3. The maximum Gasteiger partial charge on any atom is 0.420 e. The number of nitrogens with zero attached hydrogens (tertiary/aromatic N) is 4. The number of carbonyl (C=O) groups is 3. The zero-order chi connectivity index (χ0) is 19.4. The fourth-order valence-corrected chi connectivity index (χ4v) is 1.63. The van der Waals surface area contributed by atoms with Crippen molar-refractivity contribution >= 4 is 18.2 Å². The Morgan fingerprint density at radius 3 is 1.96 bits per heavy atom. The molecule has 1 N–H and O–H groups in total. The van der Waals surface area contributed by atoms with Crippen molar-refractivity contribution in [3.8, 4) is 0 Å². The van der Waals surface area contributed by atoms with E-state index in [1.54, 1.807) is 41.5 Å². The molecule has 0 aliphatic carbocycles. The van der Waals surface area contributed by atoms with Gasteiger partial charge in [0.15, 0.2) is 0 Å². The lowest BCUT2D eigenvalue weighted by Crippen LogP contribution is -2.43. The third-order valence-corrected chi connectivity index (χ3v) is 2.43. The van der Waals surface area contributed by atoms with Crippen molar-refractivity contribution in [1.82, 2.24) is 19.9 Å². The third kappa shape index (κ3) is 7.64. The van der Waals surface area contributed by atoms with Gasteiger partial charge in [-0.3, -0.25) is 4.79 Å². The Hall–Kier alpha value is -2.65. The minimum absolute atomic E-state index is 0.220. The highest BCUT2D eigenvalue weighted by Gasteiger charge is 2.32. The summed E-state index contributed by atoms with van der Waals surface area (Å²) in [5.74, 6) is -1.09. The number of carbonyl (C=O) groups excluding carboxylic acids is 2. The van der Waals surface area contributed by atoms with Crippen LogP contribution >= 0.6 is 0 Å². The molecule has 0 radical (unpaired) electrons. The first kappa shape index (κ1) is 20.4. The van der Waals surface area contributed by atoms with Crippen molar-refractivity contribution in [1.29, 1.82) is 0 Å². The van der Waals surface area contributed by atoms with Gasteiger partial charge in [-0.1, -0.05) is 5.21 Å². The normalized spacial score (nSPS) is 11.8. The Morgan fingerprint density at radius 1 is 1.08 bits per heavy atom. The number of imide groups is 1. The minimum atomic E-state index is -1.09. The Morgan fingerprint density at radius 2 is 1.56 bits per heavy atom. The molecule has 0 aromatic carbocycles. The van der Waals surface area contributed by atoms with E-state index in [2.05, 4.69) is 10.3 Å². The van der Waals surface area contributed by atoms with Crippen LogP contribution in [0, 0.1) is 0 Å². The van der Waals surface area contributed by atoms with Gasteiger partial charge in [0.25, 0.3) is 0 Å². The van der Waals surface area contributed by atoms with Crippen LogP contribution in [-0.4, -0.2) is 54.4 Å². The molecule has 1 rings (SSSR count). The molecule has 1 heterocycles. The molecule has 1 aromatic rings. The van der Waals surface area contributed by atoms with Crippen molar-refractivity contribution in [3.05, 3.63) is 11.9 Å². The summed E-state index contributed by atoms with van der Waals surface area (Å²) >= 11 is 0. The molecule has 25 heavy (non-hydrogen) atoms. The van der Waals surface area contributed by atoms with E-state index < -0.39 is 29.4 Å². The molecular formula is C15H24N4O6. The summed E-state index contributed by atoms with van der Waals surface area (Å²) in [6, 6.07) is 0. The van der Waals surface area contributed by atoms with Crippen LogP contribution in [0.25, 0.3) is 0 Å². The Labute approximate surface area is 145 Å². The first-order valence-corrected chi connectivity index (χ1v) is 7.61. The summed E-state index contributed by atoms with van der Waals surface area (Å²) in [6.45, 7) is 9.36. The zero-order valence-electron chi connectivity index (χ0n) is 15.3.